The second-order valence-corrected chi connectivity index (χ2v) is 13.0. The zero-order valence-corrected chi connectivity index (χ0v) is 27.6. The van der Waals surface area contributed by atoms with E-state index in [9.17, 15) is 18.0 Å². The van der Waals surface area contributed by atoms with Gasteiger partial charge in [-0.25, -0.2) is 8.42 Å². The number of anilines is 1. The average molecular weight is 669 g/mol. The second-order valence-electron chi connectivity index (χ2n) is 10.3. The van der Waals surface area contributed by atoms with Crippen molar-refractivity contribution < 1.29 is 22.7 Å². The Kier molecular flexibility index (Phi) is 11.5. The van der Waals surface area contributed by atoms with Crippen molar-refractivity contribution in [3.63, 3.8) is 0 Å². The lowest BCUT2D eigenvalue weighted by molar-refractivity contribution is -0.139. The molecule has 0 heterocycles. The van der Waals surface area contributed by atoms with Gasteiger partial charge >= 0.3 is 0 Å². The zero-order chi connectivity index (χ0) is 32.6. The summed E-state index contributed by atoms with van der Waals surface area (Å²) >= 11 is 13.0. The maximum atomic E-state index is 14.4. The largest absolute Gasteiger partial charge is 0.494 e. The molecule has 11 heteroatoms. The Morgan fingerprint density at radius 2 is 1.49 bits per heavy atom. The van der Waals surface area contributed by atoms with E-state index in [-0.39, 0.29) is 23.5 Å². The summed E-state index contributed by atoms with van der Waals surface area (Å²) in [7, 11) is -2.76. The molecule has 0 saturated heterocycles. The standard InChI is InChI=1S/C34H35Cl2N3O5S/c1-4-44-27-17-19-28(20-18-27)45(42,43)39(26-15-13-24(2)14-16-26)23-33(40)38(22-29-30(35)11-8-12-31(29)36)32(34(41)37-3)21-25-9-6-5-7-10-25/h5-20,32H,4,21-23H2,1-3H3,(H,37,41)/t32-/m0/s1. The summed E-state index contributed by atoms with van der Waals surface area (Å²) in [6, 6.07) is 26.1. The van der Waals surface area contributed by atoms with Crippen molar-refractivity contribution in [3.05, 3.63) is 124 Å². The molecule has 1 atom stereocenters. The van der Waals surface area contributed by atoms with E-state index in [2.05, 4.69) is 5.32 Å². The summed E-state index contributed by atoms with van der Waals surface area (Å²) < 4.78 is 34.8. The van der Waals surface area contributed by atoms with Gasteiger partial charge in [0.2, 0.25) is 11.8 Å². The van der Waals surface area contributed by atoms with E-state index >= 15 is 0 Å². The van der Waals surface area contributed by atoms with Crippen LogP contribution < -0.4 is 14.4 Å². The van der Waals surface area contributed by atoms with Gasteiger partial charge in [-0.2, -0.15) is 0 Å². The van der Waals surface area contributed by atoms with E-state index in [1.165, 1.54) is 24.1 Å². The molecule has 0 unspecified atom stereocenters. The van der Waals surface area contributed by atoms with Crippen molar-refractivity contribution >= 4 is 50.7 Å². The van der Waals surface area contributed by atoms with Gasteiger partial charge in [-0.15, -0.1) is 0 Å². The third kappa shape index (κ3) is 8.36. The van der Waals surface area contributed by atoms with Crippen molar-refractivity contribution in [1.29, 1.82) is 0 Å². The number of nitrogens with one attached hydrogen (secondary N) is 1. The van der Waals surface area contributed by atoms with Crippen molar-refractivity contribution in [2.24, 2.45) is 0 Å². The van der Waals surface area contributed by atoms with E-state index in [0.717, 1.165) is 15.4 Å². The van der Waals surface area contributed by atoms with Gasteiger partial charge in [0, 0.05) is 35.6 Å². The van der Waals surface area contributed by atoms with Gasteiger partial charge in [-0.05, 0) is 67.9 Å². The first-order chi connectivity index (χ1) is 21.5. The quantitative estimate of drug-likeness (QED) is 0.181. The number of carbonyl (C=O) groups is 2. The van der Waals surface area contributed by atoms with Crippen LogP contribution in [0.3, 0.4) is 0 Å². The maximum Gasteiger partial charge on any atom is 0.264 e. The molecule has 0 aliphatic carbocycles. The Bertz CT molecular complexity index is 1700. The molecule has 2 amide bonds. The Labute approximate surface area is 274 Å². The number of amides is 2. The highest BCUT2D eigenvalue weighted by Crippen LogP contribution is 2.29. The number of likely N-dealkylation sites (N-methyl/N-ethyl adjacent to an activating group) is 1. The number of sulfonamides is 1. The molecule has 0 saturated carbocycles. The van der Waals surface area contributed by atoms with Crippen LogP contribution in [0.1, 0.15) is 23.6 Å². The lowest BCUT2D eigenvalue weighted by atomic mass is 10.0. The number of halogens is 2. The first-order valence-electron chi connectivity index (χ1n) is 14.3. The number of nitrogens with zero attached hydrogens (tertiary/aromatic N) is 2. The molecule has 4 aromatic rings. The van der Waals surface area contributed by atoms with Crippen LogP contribution in [0.5, 0.6) is 5.75 Å². The predicted octanol–water partition coefficient (Wildman–Crippen LogP) is 6.28. The fraction of sp³-hybridized carbons (Fsp3) is 0.235. The lowest BCUT2D eigenvalue weighted by Gasteiger charge is -2.34. The molecular formula is C34H35Cl2N3O5S. The summed E-state index contributed by atoms with van der Waals surface area (Å²) in [4.78, 5) is 29.1. The summed E-state index contributed by atoms with van der Waals surface area (Å²) in [6.07, 6.45) is 0.171. The topological polar surface area (TPSA) is 96.0 Å². The van der Waals surface area contributed by atoms with Crippen molar-refractivity contribution in [2.75, 3.05) is 24.5 Å². The number of carbonyl (C=O) groups excluding carboxylic acids is 2. The third-order valence-electron chi connectivity index (χ3n) is 7.23. The van der Waals surface area contributed by atoms with Gasteiger partial charge in [-0.1, -0.05) is 77.3 Å². The smallest absolute Gasteiger partial charge is 0.264 e. The monoisotopic (exact) mass is 667 g/mol. The summed E-state index contributed by atoms with van der Waals surface area (Å²) in [5, 5.41) is 3.28. The van der Waals surface area contributed by atoms with Crippen molar-refractivity contribution in [3.8, 4) is 5.75 Å². The highest BCUT2D eigenvalue weighted by atomic mass is 35.5. The van der Waals surface area contributed by atoms with Gasteiger partial charge < -0.3 is 15.0 Å². The minimum absolute atomic E-state index is 0.0211. The molecule has 0 bridgehead atoms. The van der Waals surface area contributed by atoms with Crippen molar-refractivity contribution in [2.45, 2.75) is 37.8 Å². The van der Waals surface area contributed by atoms with Crippen LogP contribution in [-0.2, 0) is 32.6 Å². The van der Waals surface area contributed by atoms with E-state index in [4.69, 9.17) is 27.9 Å². The number of rotatable bonds is 13. The number of hydrogen-bond donors (Lipinski definition) is 1. The highest BCUT2D eigenvalue weighted by molar-refractivity contribution is 7.92. The molecule has 4 aromatic carbocycles. The molecule has 236 valence electrons. The predicted molar refractivity (Wildman–Crippen MR) is 178 cm³/mol. The molecule has 0 aromatic heterocycles. The molecule has 0 aliphatic rings. The molecule has 0 spiro atoms. The van der Waals surface area contributed by atoms with Crippen LogP contribution in [-0.4, -0.2) is 51.4 Å². The number of hydrogen-bond acceptors (Lipinski definition) is 5. The van der Waals surface area contributed by atoms with Gasteiger partial charge in [-0.3, -0.25) is 13.9 Å². The molecular weight excluding hydrogens is 633 g/mol. The van der Waals surface area contributed by atoms with Crippen LogP contribution in [0.4, 0.5) is 5.69 Å². The first kappa shape index (κ1) is 33.8. The van der Waals surface area contributed by atoms with Gasteiger partial charge in [0.25, 0.3) is 10.0 Å². The molecule has 0 fully saturated rings. The average Bonchev–Trinajstić information content (AvgIpc) is 3.03. The second kappa shape index (κ2) is 15.3. The van der Waals surface area contributed by atoms with E-state index in [1.54, 1.807) is 54.6 Å². The Morgan fingerprint density at radius 1 is 0.867 bits per heavy atom. The van der Waals surface area contributed by atoms with Crippen LogP contribution in [0.15, 0.2) is 102 Å². The Balaban J connectivity index is 1.80. The third-order valence-corrected chi connectivity index (χ3v) is 9.73. The molecule has 45 heavy (non-hydrogen) atoms. The fourth-order valence-corrected chi connectivity index (χ4v) is 6.75. The Morgan fingerprint density at radius 3 is 2.07 bits per heavy atom. The molecule has 0 radical (unpaired) electrons. The number of benzene rings is 4. The molecule has 8 nitrogen and oxygen atoms in total. The van der Waals surface area contributed by atoms with Crippen molar-refractivity contribution in [1.82, 2.24) is 10.2 Å². The number of aryl methyl sites for hydroxylation is 1. The van der Waals surface area contributed by atoms with Crippen LogP contribution in [0.25, 0.3) is 0 Å². The maximum absolute atomic E-state index is 14.4. The van der Waals surface area contributed by atoms with Gasteiger partial charge in [0.05, 0.1) is 17.2 Å². The SMILES string of the molecule is CCOc1ccc(S(=O)(=O)N(CC(=O)N(Cc2c(Cl)cccc2Cl)[C@@H](Cc2ccccc2)C(=O)NC)c2ccc(C)cc2)cc1. The highest BCUT2D eigenvalue weighted by Gasteiger charge is 2.35. The normalized spacial score (nSPS) is 11.8. The Hall–Kier alpha value is -4.05. The summed E-state index contributed by atoms with van der Waals surface area (Å²) in [5.41, 5.74) is 2.46. The lowest BCUT2D eigenvalue weighted by Crippen LogP contribution is -2.53. The number of ether oxygens (including phenoxy) is 1. The summed E-state index contributed by atoms with van der Waals surface area (Å²) in [5.74, 6) is -0.524. The minimum atomic E-state index is -4.25. The fourth-order valence-electron chi connectivity index (χ4n) is 4.82. The van der Waals surface area contributed by atoms with E-state index < -0.39 is 34.4 Å². The van der Waals surface area contributed by atoms with Gasteiger partial charge in [0.1, 0.15) is 18.3 Å². The van der Waals surface area contributed by atoms with Gasteiger partial charge in [0.15, 0.2) is 0 Å². The van der Waals surface area contributed by atoms with Crippen LogP contribution >= 0.6 is 23.2 Å². The van der Waals surface area contributed by atoms with Crippen LogP contribution in [0.2, 0.25) is 10.0 Å². The molecule has 4 rings (SSSR count). The minimum Gasteiger partial charge on any atom is -0.494 e. The van der Waals surface area contributed by atoms with Crippen LogP contribution in [0, 0.1) is 6.92 Å². The molecule has 0 aliphatic heterocycles. The molecule has 1 N–H and O–H groups in total. The van der Waals surface area contributed by atoms with E-state index in [0.29, 0.717) is 28.0 Å². The summed E-state index contributed by atoms with van der Waals surface area (Å²) in [6.45, 7) is 3.42. The first-order valence-corrected chi connectivity index (χ1v) is 16.5. The zero-order valence-electron chi connectivity index (χ0n) is 25.2. The van der Waals surface area contributed by atoms with E-state index in [1.807, 2.05) is 44.2 Å².